The van der Waals surface area contributed by atoms with Crippen molar-refractivity contribution in [3.05, 3.63) is 52.5 Å². The van der Waals surface area contributed by atoms with Crippen LogP contribution in [-0.2, 0) is 0 Å². The first-order valence-electron chi connectivity index (χ1n) is 6.20. The highest BCUT2D eigenvalue weighted by Crippen LogP contribution is 2.26. The van der Waals surface area contributed by atoms with Gasteiger partial charge in [0, 0.05) is 16.1 Å². The van der Waals surface area contributed by atoms with Gasteiger partial charge in [-0.05, 0) is 36.4 Å². The molecule has 2 aromatic rings. The molecule has 114 valence electrons. The third-order valence-corrected chi connectivity index (χ3v) is 3.04. The van der Waals surface area contributed by atoms with Crippen molar-refractivity contribution in [2.75, 3.05) is 7.11 Å². The Balaban J connectivity index is 2.09. The van der Waals surface area contributed by atoms with Gasteiger partial charge in [-0.25, -0.2) is 5.43 Å². The number of nitrogens with zero attached hydrogens (tertiary/aromatic N) is 1. The van der Waals surface area contributed by atoms with Crippen LogP contribution in [0.5, 0.6) is 17.2 Å². The first-order chi connectivity index (χ1) is 10.5. The quantitative estimate of drug-likeness (QED) is 0.596. The molecule has 0 heterocycles. The van der Waals surface area contributed by atoms with Gasteiger partial charge in [0.1, 0.15) is 5.75 Å². The van der Waals surface area contributed by atoms with Gasteiger partial charge < -0.3 is 14.9 Å². The van der Waals surface area contributed by atoms with E-state index in [9.17, 15) is 15.0 Å². The second-order valence-corrected chi connectivity index (χ2v) is 4.73. The van der Waals surface area contributed by atoms with Crippen molar-refractivity contribution < 1.29 is 19.7 Å². The molecule has 0 aliphatic heterocycles. The number of hydrogen-bond acceptors (Lipinski definition) is 5. The van der Waals surface area contributed by atoms with Crippen LogP contribution in [0.4, 0.5) is 0 Å². The number of hydrogen-bond donors (Lipinski definition) is 3. The van der Waals surface area contributed by atoms with E-state index in [1.165, 1.54) is 49.7 Å². The molecule has 2 aromatic carbocycles. The summed E-state index contributed by atoms with van der Waals surface area (Å²) >= 11 is 5.80. The second-order valence-electron chi connectivity index (χ2n) is 4.29. The molecule has 22 heavy (non-hydrogen) atoms. The third-order valence-electron chi connectivity index (χ3n) is 2.80. The smallest absolute Gasteiger partial charge is 0.271 e. The number of ether oxygens (including phenoxy) is 1. The predicted molar refractivity (Wildman–Crippen MR) is 82.8 cm³/mol. The summed E-state index contributed by atoms with van der Waals surface area (Å²) in [6.07, 6.45) is 1.27. The van der Waals surface area contributed by atoms with Crippen LogP contribution in [0, 0.1) is 0 Å². The molecule has 0 bridgehead atoms. The fraction of sp³-hybridized carbons (Fsp3) is 0.0667. The molecule has 0 saturated carbocycles. The number of phenolic OH excluding ortho intramolecular Hbond substituents is 2. The van der Waals surface area contributed by atoms with Gasteiger partial charge >= 0.3 is 0 Å². The molecule has 0 atom stereocenters. The molecule has 0 spiro atoms. The van der Waals surface area contributed by atoms with Gasteiger partial charge in [0.2, 0.25) is 0 Å². The molecule has 0 saturated heterocycles. The van der Waals surface area contributed by atoms with E-state index in [1.54, 1.807) is 0 Å². The molecule has 6 nitrogen and oxygen atoms in total. The summed E-state index contributed by atoms with van der Waals surface area (Å²) < 4.78 is 4.92. The van der Waals surface area contributed by atoms with Gasteiger partial charge in [-0.3, -0.25) is 4.79 Å². The zero-order chi connectivity index (χ0) is 16.1. The van der Waals surface area contributed by atoms with Crippen LogP contribution >= 0.6 is 11.6 Å². The Morgan fingerprint density at radius 2 is 1.95 bits per heavy atom. The lowest BCUT2D eigenvalue weighted by atomic mass is 10.2. The minimum Gasteiger partial charge on any atom is -0.507 e. The van der Waals surface area contributed by atoms with Gasteiger partial charge in [0.15, 0.2) is 11.5 Å². The number of carbonyl (C=O) groups is 1. The zero-order valence-electron chi connectivity index (χ0n) is 11.6. The lowest BCUT2D eigenvalue weighted by molar-refractivity contribution is 0.0954. The maximum absolute atomic E-state index is 11.9. The zero-order valence-corrected chi connectivity index (χ0v) is 12.3. The maximum Gasteiger partial charge on any atom is 0.271 e. The number of benzene rings is 2. The Morgan fingerprint density at radius 3 is 2.68 bits per heavy atom. The first kappa shape index (κ1) is 15.7. The van der Waals surface area contributed by atoms with Crippen LogP contribution in [0.25, 0.3) is 0 Å². The number of halogens is 1. The Kier molecular flexibility index (Phi) is 4.85. The maximum atomic E-state index is 11.9. The van der Waals surface area contributed by atoms with Crippen LogP contribution in [-0.4, -0.2) is 29.4 Å². The fourth-order valence-corrected chi connectivity index (χ4v) is 1.85. The van der Waals surface area contributed by atoms with Gasteiger partial charge in [-0.2, -0.15) is 5.10 Å². The van der Waals surface area contributed by atoms with Crippen LogP contribution in [0.1, 0.15) is 15.9 Å². The van der Waals surface area contributed by atoms with Gasteiger partial charge in [-0.15, -0.1) is 0 Å². The minimum atomic E-state index is -0.490. The summed E-state index contributed by atoms with van der Waals surface area (Å²) in [7, 11) is 1.39. The summed E-state index contributed by atoms with van der Waals surface area (Å²) in [5.41, 5.74) is 2.94. The number of phenols is 2. The fourth-order valence-electron chi connectivity index (χ4n) is 1.67. The highest BCUT2D eigenvalue weighted by molar-refractivity contribution is 6.30. The van der Waals surface area contributed by atoms with E-state index in [4.69, 9.17) is 16.3 Å². The normalized spacial score (nSPS) is 10.6. The number of aromatic hydroxyl groups is 2. The molecule has 2 rings (SSSR count). The standard InChI is InChI=1S/C15H13ClN2O4/c1-22-14-7-9(2-4-13(14)20)15(21)18-17-8-10-6-11(16)3-5-12(10)19/h2-8,19-20H,1H3,(H,18,21)/b17-8-. The third kappa shape index (κ3) is 3.67. The van der Waals surface area contributed by atoms with Gasteiger partial charge in [0.25, 0.3) is 5.91 Å². The van der Waals surface area contributed by atoms with Crippen LogP contribution in [0.2, 0.25) is 5.02 Å². The van der Waals surface area contributed by atoms with Crippen molar-refractivity contribution in [2.24, 2.45) is 5.10 Å². The minimum absolute atomic E-state index is 0.00583. The molecule has 0 aliphatic carbocycles. The summed E-state index contributed by atoms with van der Waals surface area (Å²) in [6, 6.07) is 8.64. The van der Waals surface area contributed by atoms with Crippen molar-refractivity contribution in [1.29, 1.82) is 0 Å². The summed E-state index contributed by atoms with van der Waals surface area (Å²) in [5, 5.41) is 23.3. The Bertz CT molecular complexity index is 731. The van der Waals surface area contributed by atoms with Crippen LogP contribution in [0.15, 0.2) is 41.5 Å². The molecule has 0 unspecified atom stereocenters. The number of nitrogens with one attached hydrogen (secondary N) is 1. The van der Waals surface area contributed by atoms with Crippen molar-refractivity contribution in [3.63, 3.8) is 0 Å². The van der Waals surface area contributed by atoms with Gasteiger partial charge in [0.05, 0.1) is 13.3 Å². The SMILES string of the molecule is COc1cc(C(=O)N/N=C\c2cc(Cl)ccc2O)ccc1O. The molecule has 7 heteroatoms. The van der Waals surface area contributed by atoms with E-state index in [2.05, 4.69) is 10.5 Å². The van der Waals surface area contributed by atoms with Crippen LogP contribution < -0.4 is 10.2 Å². The molecular weight excluding hydrogens is 308 g/mol. The van der Waals surface area contributed by atoms with E-state index < -0.39 is 5.91 Å². The molecular formula is C15H13ClN2O4. The van der Waals surface area contributed by atoms with E-state index in [0.717, 1.165) is 0 Å². The number of methoxy groups -OCH3 is 1. The number of rotatable bonds is 4. The van der Waals surface area contributed by atoms with Crippen molar-refractivity contribution in [1.82, 2.24) is 5.43 Å². The lowest BCUT2D eigenvalue weighted by Crippen LogP contribution is -2.17. The Morgan fingerprint density at radius 1 is 1.23 bits per heavy atom. The van der Waals surface area contributed by atoms with Crippen molar-refractivity contribution in [3.8, 4) is 17.2 Å². The topological polar surface area (TPSA) is 91.2 Å². The number of hydrazone groups is 1. The van der Waals surface area contributed by atoms with E-state index in [0.29, 0.717) is 10.6 Å². The highest BCUT2D eigenvalue weighted by Gasteiger charge is 2.09. The lowest BCUT2D eigenvalue weighted by Gasteiger charge is -2.05. The van der Waals surface area contributed by atoms with Crippen LogP contribution in [0.3, 0.4) is 0 Å². The second kappa shape index (κ2) is 6.82. The molecule has 0 aromatic heterocycles. The molecule has 0 fully saturated rings. The summed E-state index contributed by atoms with van der Waals surface area (Å²) in [5.74, 6) is -0.375. The Hall–Kier alpha value is -2.73. The van der Waals surface area contributed by atoms with E-state index in [-0.39, 0.29) is 22.8 Å². The van der Waals surface area contributed by atoms with E-state index >= 15 is 0 Å². The average molecular weight is 321 g/mol. The average Bonchev–Trinajstić information content (AvgIpc) is 2.51. The van der Waals surface area contributed by atoms with Crippen molar-refractivity contribution in [2.45, 2.75) is 0 Å². The molecule has 0 radical (unpaired) electrons. The highest BCUT2D eigenvalue weighted by atomic mass is 35.5. The first-order valence-corrected chi connectivity index (χ1v) is 6.58. The predicted octanol–water partition coefficient (Wildman–Crippen LogP) is 2.52. The number of carbonyl (C=O) groups excluding carboxylic acids is 1. The molecule has 0 aliphatic rings. The monoisotopic (exact) mass is 320 g/mol. The van der Waals surface area contributed by atoms with E-state index in [1.807, 2.05) is 0 Å². The number of amides is 1. The van der Waals surface area contributed by atoms with Gasteiger partial charge in [-0.1, -0.05) is 11.6 Å². The molecule has 1 amide bonds. The largest absolute Gasteiger partial charge is 0.507 e. The van der Waals surface area contributed by atoms with Crippen molar-refractivity contribution >= 4 is 23.7 Å². The summed E-state index contributed by atoms with van der Waals surface area (Å²) in [4.78, 5) is 11.9. The summed E-state index contributed by atoms with van der Waals surface area (Å²) in [6.45, 7) is 0. The molecule has 3 N–H and O–H groups in total. The Labute approximate surface area is 131 Å².